The van der Waals surface area contributed by atoms with Crippen LogP contribution in [0, 0.1) is 30.6 Å². The summed E-state index contributed by atoms with van der Waals surface area (Å²) in [5.41, 5.74) is 10.5. The number of nitrogens with one attached hydrogen (secondary N) is 1. The van der Waals surface area contributed by atoms with E-state index in [-0.39, 0.29) is 0 Å². The molecule has 1 nitrogen and oxygen atoms in total. The van der Waals surface area contributed by atoms with Gasteiger partial charge in [0.25, 0.3) is 0 Å². The van der Waals surface area contributed by atoms with Crippen LogP contribution >= 0.6 is 0 Å². The Balaban J connectivity index is 0.000000283. The maximum absolute atomic E-state index is 13.0. The zero-order valence-electron chi connectivity index (χ0n) is 29.9. The number of fused-ring (bicyclic) bond motifs is 1. The third-order valence-electron chi connectivity index (χ3n) is 9.59. The van der Waals surface area contributed by atoms with Crippen molar-refractivity contribution in [1.29, 1.82) is 0 Å². The van der Waals surface area contributed by atoms with Crippen LogP contribution in [-0.4, -0.2) is 12.2 Å². The highest BCUT2D eigenvalue weighted by Crippen LogP contribution is 2.41. The van der Waals surface area contributed by atoms with Gasteiger partial charge in [-0.2, -0.15) is 0 Å². The summed E-state index contributed by atoms with van der Waals surface area (Å²) >= 11 is 0. The van der Waals surface area contributed by atoms with Crippen LogP contribution in [0.1, 0.15) is 110 Å². The van der Waals surface area contributed by atoms with E-state index in [4.69, 9.17) is 0 Å². The molecule has 246 valence electrons. The van der Waals surface area contributed by atoms with E-state index in [1.807, 2.05) is 39.8 Å². The summed E-state index contributed by atoms with van der Waals surface area (Å²) in [4.78, 5) is 0. The second-order valence-electron chi connectivity index (χ2n) is 12.5. The molecule has 1 N–H and O–H groups in total. The lowest BCUT2D eigenvalue weighted by Crippen LogP contribution is -2.28. The molecule has 0 spiro atoms. The molecular formula is C43H62FN. The molecule has 0 saturated heterocycles. The summed E-state index contributed by atoms with van der Waals surface area (Å²) in [6.45, 7) is 27.3. The molecule has 4 unspecified atom stereocenters. The fraction of sp³-hybridized carbons (Fsp3) is 0.488. The lowest BCUT2D eigenvalue weighted by atomic mass is 9.72. The van der Waals surface area contributed by atoms with Crippen molar-refractivity contribution in [3.05, 3.63) is 120 Å². The summed E-state index contributed by atoms with van der Waals surface area (Å²) in [6.07, 6.45) is 14.7. The molecule has 1 heterocycles. The van der Waals surface area contributed by atoms with Gasteiger partial charge >= 0.3 is 0 Å². The van der Waals surface area contributed by atoms with Gasteiger partial charge in [-0.05, 0) is 104 Å². The Morgan fingerprint density at radius 1 is 0.889 bits per heavy atom. The van der Waals surface area contributed by atoms with Crippen molar-refractivity contribution in [3.63, 3.8) is 0 Å². The largest absolute Gasteiger partial charge is 0.383 e. The minimum atomic E-state index is -0.786. The lowest BCUT2D eigenvalue weighted by Gasteiger charge is -2.33. The molecular weight excluding hydrogens is 549 g/mol. The van der Waals surface area contributed by atoms with Crippen LogP contribution < -0.4 is 5.32 Å². The second kappa shape index (κ2) is 19.4. The highest BCUT2D eigenvalue weighted by atomic mass is 19.1. The Bertz CT molecular complexity index is 1280. The predicted octanol–water partition coefficient (Wildman–Crippen LogP) is 12.5. The molecule has 4 atom stereocenters. The maximum Gasteiger partial charge on any atom is 0.101 e. The first kappa shape index (κ1) is 38.1. The molecule has 1 saturated carbocycles. The first-order valence-corrected chi connectivity index (χ1v) is 17.7. The molecule has 1 fully saturated rings. The van der Waals surface area contributed by atoms with Crippen LogP contribution in [-0.2, 0) is 6.42 Å². The summed E-state index contributed by atoms with van der Waals surface area (Å²) in [5.74, 6) is 2.48. The molecule has 0 bridgehead atoms. The molecule has 0 amide bonds. The fourth-order valence-electron chi connectivity index (χ4n) is 6.68. The van der Waals surface area contributed by atoms with E-state index < -0.39 is 6.17 Å². The lowest BCUT2D eigenvalue weighted by molar-refractivity contribution is 0.333. The van der Waals surface area contributed by atoms with Crippen molar-refractivity contribution >= 4 is 11.1 Å². The van der Waals surface area contributed by atoms with Gasteiger partial charge in [0, 0.05) is 18.5 Å². The molecule has 5 rings (SSSR count). The molecule has 3 aliphatic rings. The molecule has 0 aromatic heterocycles. The van der Waals surface area contributed by atoms with E-state index in [1.54, 1.807) is 6.92 Å². The van der Waals surface area contributed by atoms with Crippen LogP contribution in [0.5, 0.6) is 0 Å². The normalized spacial score (nSPS) is 22.6. The first-order valence-electron chi connectivity index (χ1n) is 17.7. The van der Waals surface area contributed by atoms with Crippen molar-refractivity contribution in [2.45, 2.75) is 113 Å². The molecule has 45 heavy (non-hydrogen) atoms. The molecule has 2 aromatic carbocycles. The van der Waals surface area contributed by atoms with Gasteiger partial charge in [0.2, 0.25) is 0 Å². The summed E-state index contributed by atoms with van der Waals surface area (Å²) in [7, 11) is 0. The molecule has 0 radical (unpaired) electrons. The van der Waals surface area contributed by atoms with Crippen LogP contribution in [0.4, 0.5) is 4.39 Å². The number of hydrogen-bond donors (Lipinski definition) is 1. The van der Waals surface area contributed by atoms with Crippen molar-refractivity contribution in [1.82, 2.24) is 5.32 Å². The Kier molecular flexibility index (Phi) is 16.4. The zero-order chi connectivity index (χ0) is 33.5. The van der Waals surface area contributed by atoms with Gasteiger partial charge in [0.15, 0.2) is 0 Å². The third-order valence-corrected chi connectivity index (χ3v) is 9.59. The summed E-state index contributed by atoms with van der Waals surface area (Å²) in [6, 6.07) is 17.3. The number of allylic oxidation sites excluding steroid dienone is 4. The zero-order valence-corrected chi connectivity index (χ0v) is 29.9. The minimum Gasteiger partial charge on any atom is -0.383 e. The first-order chi connectivity index (χ1) is 21.7. The van der Waals surface area contributed by atoms with Gasteiger partial charge < -0.3 is 5.32 Å². The molecule has 1 aliphatic heterocycles. The second-order valence-corrected chi connectivity index (χ2v) is 12.5. The highest BCUT2D eigenvalue weighted by molar-refractivity contribution is 5.73. The van der Waals surface area contributed by atoms with E-state index in [1.165, 1.54) is 71.1 Å². The van der Waals surface area contributed by atoms with E-state index in [0.29, 0.717) is 30.2 Å². The maximum atomic E-state index is 13.0. The number of rotatable bonds is 8. The topological polar surface area (TPSA) is 12.0 Å². The minimum absolute atomic E-state index is 0.389. The Labute approximate surface area is 276 Å². The number of alkyl halides is 1. The van der Waals surface area contributed by atoms with E-state index in [9.17, 15) is 4.39 Å². The number of halogens is 1. The quantitative estimate of drug-likeness (QED) is 0.293. The van der Waals surface area contributed by atoms with Crippen LogP contribution in [0.3, 0.4) is 0 Å². The van der Waals surface area contributed by atoms with Crippen LogP contribution in [0.2, 0.25) is 0 Å². The van der Waals surface area contributed by atoms with Gasteiger partial charge in [-0.15, -0.1) is 0 Å². The van der Waals surface area contributed by atoms with Gasteiger partial charge in [0.1, 0.15) is 6.17 Å². The van der Waals surface area contributed by atoms with E-state index in [0.717, 1.165) is 11.5 Å². The summed E-state index contributed by atoms with van der Waals surface area (Å²) < 4.78 is 13.0. The Morgan fingerprint density at radius 3 is 2.07 bits per heavy atom. The van der Waals surface area contributed by atoms with Crippen LogP contribution in [0.25, 0.3) is 11.1 Å². The SMILES string of the molecule is C=C(c1ccccc1C)C1CCC(C(=C)C(C)CC)CC1.CC.CC.CC1=CC=CC2C(c3ccc(CC(C)F)cc3)=CNC12. The Morgan fingerprint density at radius 2 is 1.49 bits per heavy atom. The number of benzene rings is 2. The van der Waals surface area contributed by atoms with Gasteiger partial charge in [-0.25, -0.2) is 4.39 Å². The van der Waals surface area contributed by atoms with Gasteiger partial charge in [-0.3, -0.25) is 0 Å². The van der Waals surface area contributed by atoms with Gasteiger partial charge in [-0.1, -0.05) is 133 Å². The highest BCUT2D eigenvalue weighted by Gasteiger charge is 2.31. The Hall–Kier alpha value is -3.13. The van der Waals surface area contributed by atoms with Crippen molar-refractivity contribution in [2.75, 3.05) is 0 Å². The van der Waals surface area contributed by atoms with Crippen molar-refractivity contribution in [3.8, 4) is 0 Å². The number of aryl methyl sites for hydroxylation is 1. The molecule has 2 aromatic rings. The third kappa shape index (κ3) is 10.5. The van der Waals surface area contributed by atoms with Crippen molar-refractivity contribution < 1.29 is 4.39 Å². The standard InChI is InChI=1S/C21H30.C18H20FN.2C2H6/c1-6-15(2)17(4)19-11-13-20(14-12-19)18(5)21-10-8-7-9-16(21)3;1-12-4-3-5-16-17(11-20-18(12)16)15-8-6-14(7-9-15)10-13(2)19;2*1-2/h7-10,15,19-20H,4-6,11-14H2,1-3H3;3-9,11,13,16,18,20H,10H2,1-2H3;2*1-2H3. The smallest absolute Gasteiger partial charge is 0.101 e. The predicted molar refractivity (Wildman–Crippen MR) is 199 cm³/mol. The average molecular weight is 612 g/mol. The monoisotopic (exact) mass is 611 g/mol. The number of hydrogen-bond acceptors (Lipinski definition) is 1. The van der Waals surface area contributed by atoms with E-state index >= 15 is 0 Å². The fourth-order valence-corrected chi connectivity index (χ4v) is 6.68. The van der Waals surface area contributed by atoms with Crippen molar-refractivity contribution in [2.24, 2.45) is 23.7 Å². The van der Waals surface area contributed by atoms with Crippen LogP contribution in [0.15, 0.2) is 97.3 Å². The van der Waals surface area contributed by atoms with E-state index in [2.05, 4.69) is 107 Å². The summed E-state index contributed by atoms with van der Waals surface area (Å²) in [5, 5.41) is 3.46. The molecule has 2 heteroatoms. The molecule has 2 aliphatic carbocycles. The average Bonchev–Trinajstić information content (AvgIpc) is 3.52. The van der Waals surface area contributed by atoms with Gasteiger partial charge in [0.05, 0.1) is 6.04 Å².